The SMILES string of the molecule is CC1CCNC(C(=O)NCc2cccs2)C1. The van der Waals surface area contributed by atoms with Gasteiger partial charge in [0, 0.05) is 4.88 Å². The highest BCUT2D eigenvalue weighted by Crippen LogP contribution is 2.15. The molecule has 1 amide bonds. The molecule has 1 saturated heterocycles. The third-order valence-electron chi connectivity index (χ3n) is 3.00. The van der Waals surface area contributed by atoms with Crippen molar-refractivity contribution in [2.75, 3.05) is 6.54 Å². The molecule has 2 unspecified atom stereocenters. The van der Waals surface area contributed by atoms with Crippen LogP contribution in [-0.4, -0.2) is 18.5 Å². The lowest BCUT2D eigenvalue weighted by Gasteiger charge is -2.27. The van der Waals surface area contributed by atoms with Crippen molar-refractivity contribution in [1.82, 2.24) is 10.6 Å². The van der Waals surface area contributed by atoms with Gasteiger partial charge in [-0.2, -0.15) is 0 Å². The summed E-state index contributed by atoms with van der Waals surface area (Å²) in [7, 11) is 0. The van der Waals surface area contributed by atoms with E-state index in [0.29, 0.717) is 12.5 Å². The second kappa shape index (κ2) is 5.46. The summed E-state index contributed by atoms with van der Waals surface area (Å²) in [6, 6.07) is 4.05. The van der Waals surface area contributed by atoms with E-state index in [9.17, 15) is 4.79 Å². The fourth-order valence-corrected chi connectivity index (χ4v) is 2.66. The van der Waals surface area contributed by atoms with Gasteiger partial charge >= 0.3 is 0 Å². The molecule has 2 rings (SSSR count). The van der Waals surface area contributed by atoms with Crippen LogP contribution >= 0.6 is 11.3 Å². The van der Waals surface area contributed by atoms with Gasteiger partial charge in [0.1, 0.15) is 0 Å². The molecule has 16 heavy (non-hydrogen) atoms. The van der Waals surface area contributed by atoms with Gasteiger partial charge in [-0.1, -0.05) is 13.0 Å². The van der Waals surface area contributed by atoms with E-state index in [0.717, 1.165) is 13.0 Å². The number of amides is 1. The van der Waals surface area contributed by atoms with Crippen molar-refractivity contribution in [2.24, 2.45) is 5.92 Å². The molecular weight excluding hydrogens is 220 g/mol. The highest BCUT2D eigenvalue weighted by atomic mass is 32.1. The maximum Gasteiger partial charge on any atom is 0.237 e. The van der Waals surface area contributed by atoms with E-state index in [1.54, 1.807) is 11.3 Å². The van der Waals surface area contributed by atoms with Crippen LogP contribution in [0.2, 0.25) is 0 Å². The van der Waals surface area contributed by atoms with Crippen LogP contribution in [0, 0.1) is 5.92 Å². The number of hydrogen-bond acceptors (Lipinski definition) is 3. The first-order valence-electron chi connectivity index (χ1n) is 5.79. The Morgan fingerprint density at radius 2 is 2.56 bits per heavy atom. The topological polar surface area (TPSA) is 41.1 Å². The normalized spacial score (nSPS) is 25.3. The number of nitrogens with one attached hydrogen (secondary N) is 2. The lowest BCUT2D eigenvalue weighted by molar-refractivity contribution is -0.124. The molecule has 0 aliphatic carbocycles. The van der Waals surface area contributed by atoms with Gasteiger partial charge in [-0.25, -0.2) is 0 Å². The minimum Gasteiger partial charge on any atom is -0.350 e. The summed E-state index contributed by atoms with van der Waals surface area (Å²) in [5, 5.41) is 8.29. The first-order chi connectivity index (χ1) is 7.75. The van der Waals surface area contributed by atoms with E-state index in [-0.39, 0.29) is 11.9 Å². The molecule has 0 radical (unpaired) electrons. The Morgan fingerprint density at radius 3 is 3.25 bits per heavy atom. The van der Waals surface area contributed by atoms with Crippen LogP contribution < -0.4 is 10.6 Å². The highest BCUT2D eigenvalue weighted by Gasteiger charge is 2.23. The molecule has 88 valence electrons. The Hall–Kier alpha value is -0.870. The number of thiophene rings is 1. The molecule has 1 aliphatic heterocycles. The molecule has 0 saturated carbocycles. The molecule has 2 N–H and O–H groups in total. The van der Waals surface area contributed by atoms with Crippen molar-refractivity contribution < 1.29 is 4.79 Å². The highest BCUT2D eigenvalue weighted by molar-refractivity contribution is 7.09. The molecule has 3 nitrogen and oxygen atoms in total. The average molecular weight is 238 g/mol. The summed E-state index contributed by atoms with van der Waals surface area (Å²) in [4.78, 5) is 13.1. The van der Waals surface area contributed by atoms with Crippen LogP contribution in [0.4, 0.5) is 0 Å². The van der Waals surface area contributed by atoms with Gasteiger partial charge in [-0.05, 0) is 36.8 Å². The molecule has 1 fully saturated rings. The van der Waals surface area contributed by atoms with Crippen molar-refractivity contribution in [3.05, 3.63) is 22.4 Å². The maximum absolute atomic E-state index is 11.9. The van der Waals surface area contributed by atoms with E-state index < -0.39 is 0 Å². The summed E-state index contributed by atoms with van der Waals surface area (Å²) in [5.74, 6) is 0.790. The predicted octanol–water partition coefficient (Wildman–Crippen LogP) is 1.75. The second-order valence-corrected chi connectivity index (χ2v) is 5.47. The van der Waals surface area contributed by atoms with Crippen LogP contribution in [-0.2, 0) is 11.3 Å². The molecule has 4 heteroatoms. The van der Waals surface area contributed by atoms with Gasteiger partial charge in [-0.15, -0.1) is 11.3 Å². The fraction of sp³-hybridized carbons (Fsp3) is 0.583. The van der Waals surface area contributed by atoms with Crippen molar-refractivity contribution >= 4 is 17.2 Å². The molecule has 1 aromatic rings. The number of carbonyl (C=O) groups excluding carboxylic acids is 1. The predicted molar refractivity (Wildman–Crippen MR) is 66.4 cm³/mol. The van der Waals surface area contributed by atoms with Gasteiger partial charge in [0.05, 0.1) is 12.6 Å². The number of hydrogen-bond donors (Lipinski definition) is 2. The zero-order valence-electron chi connectivity index (χ0n) is 9.53. The van der Waals surface area contributed by atoms with Crippen LogP contribution in [0.5, 0.6) is 0 Å². The van der Waals surface area contributed by atoms with Gasteiger partial charge in [0.25, 0.3) is 0 Å². The Balaban J connectivity index is 1.79. The fourth-order valence-electron chi connectivity index (χ4n) is 2.02. The minimum atomic E-state index is 0.00344. The van der Waals surface area contributed by atoms with Crippen molar-refractivity contribution in [2.45, 2.75) is 32.4 Å². The standard InChI is InChI=1S/C12H18N2OS/c1-9-4-5-13-11(7-9)12(15)14-8-10-3-2-6-16-10/h2-3,6,9,11,13H,4-5,7-8H2,1H3,(H,14,15). The summed E-state index contributed by atoms with van der Waals surface area (Å²) in [6.45, 7) is 3.82. The Labute approximate surface area is 100 Å². The van der Waals surface area contributed by atoms with Gasteiger partial charge < -0.3 is 10.6 Å². The van der Waals surface area contributed by atoms with E-state index in [2.05, 4.69) is 17.6 Å². The van der Waals surface area contributed by atoms with Crippen molar-refractivity contribution in [3.8, 4) is 0 Å². The van der Waals surface area contributed by atoms with E-state index in [4.69, 9.17) is 0 Å². The summed E-state index contributed by atoms with van der Waals surface area (Å²) >= 11 is 1.68. The van der Waals surface area contributed by atoms with E-state index in [1.165, 1.54) is 11.3 Å². The third kappa shape index (κ3) is 3.06. The number of carbonyl (C=O) groups is 1. The lowest BCUT2D eigenvalue weighted by Crippen LogP contribution is -2.48. The second-order valence-electron chi connectivity index (χ2n) is 4.43. The van der Waals surface area contributed by atoms with Crippen LogP contribution in [0.1, 0.15) is 24.6 Å². The van der Waals surface area contributed by atoms with E-state index >= 15 is 0 Å². The maximum atomic E-state index is 11.9. The smallest absolute Gasteiger partial charge is 0.237 e. The van der Waals surface area contributed by atoms with E-state index in [1.807, 2.05) is 17.5 Å². The van der Waals surface area contributed by atoms with Crippen LogP contribution in [0.3, 0.4) is 0 Å². The van der Waals surface area contributed by atoms with Gasteiger partial charge in [0.2, 0.25) is 5.91 Å². The quantitative estimate of drug-likeness (QED) is 0.842. The molecule has 0 aromatic carbocycles. The van der Waals surface area contributed by atoms with Crippen LogP contribution in [0.25, 0.3) is 0 Å². The largest absolute Gasteiger partial charge is 0.350 e. The minimum absolute atomic E-state index is 0.00344. The Morgan fingerprint density at radius 1 is 1.69 bits per heavy atom. The van der Waals surface area contributed by atoms with Crippen molar-refractivity contribution in [1.29, 1.82) is 0 Å². The average Bonchev–Trinajstić information content (AvgIpc) is 2.78. The summed E-state index contributed by atoms with van der Waals surface area (Å²) < 4.78 is 0. The summed E-state index contributed by atoms with van der Waals surface area (Å²) in [5.41, 5.74) is 0. The zero-order valence-corrected chi connectivity index (χ0v) is 10.3. The third-order valence-corrected chi connectivity index (χ3v) is 3.88. The van der Waals surface area contributed by atoms with Crippen molar-refractivity contribution in [3.63, 3.8) is 0 Å². The monoisotopic (exact) mass is 238 g/mol. The zero-order chi connectivity index (χ0) is 11.4. The Bertz CT molecular complexity index is 337. The first-order valence-corrected chi connectivity index (χ1v) is 6.67. The first kappa shape index (κ1) is 11.6. The molecule has 1 aliphatic rings. The number of piperidine rings is 1. The van der Waals surface area contributed by atoms with Gasteiger partial charge in [0.15, 0.2) is 0 Å². The van der Waals surface area contributed by atoms with Crippen LogP contribution in [0.15, 0.2) is 17.5 Å². The molecule has 2 atom stereocenters. The molecule has 0 spiro atoms. The molecule has 1 aromatic heterocycles. The molecule has 2 heterocycles. The Kier molecular flexibility index (Phi) is 3.96. The number of rotatable bonds is 3. The molecular formula is C12H18N2OS. The van der Waals surface area contributed by atoms with Gasteiger partial charge in [-0.3, -0.25) is 4.79 Å². The molecule has 0 bridgehead atoms. The summed E-state index contributed by atoms with van der Waals surface area (Å²) in [6.07, 6.45) is 2.13. The lowest BCUT2D eigenvalue weighted by atomic mass is 9.94.